The lowest BCUT2D eigenvalue weighted by molar-refractivity contribution is -0.168. The van der Waals surface area contributed by atoms with E-state index in [1.54, 1.807) is 0 Å². The molecule has 2 fully saturated rings. The van der Waals surface area contributed by atoms with E-state index in [2.05, 4.69) is 17.9 Å². The molecule has 0 radical (unpaired) electrons. The summed E-state index contributed by atoms with van der Waals surface area (Å²) in [5.74, 6) is 0.753. The summed E-state index contributed by atoms with van der Waals surface area (Å²) < 4.78 is 17.2. The van der Waals surface area contributed by atoms with E-state index in [0.29, 0.717) is 17.8 Å². The summed E-state index contributed by atoms with van der Waals surface area (Å²) in [6, 6.07) is 3.81. The second-order valence-electron chi connectivity index (χ2n) is 8.15. The van der Waals surface area contributed by atoms with Gasteiger partial charge in [0.1, 0.15) is 0 Å². The highest BCUT2D eigenvalue weighted by molar-refractivity contribution is 6.04. The van der Waals surface area contributed by atoms with Crippen molar-refractivity contribution < 1.29 is 18.8 Å². The Labute approximate surface area is 166 Å². The van der Waals surface area contributed by atoms with Gasteiger partial charge in [-0.25, -0.2) is 0 Å². The third kappa shape index (κ3) is 4.48. The number of aldehydes is 1. The van der Waals surface area contributed by atoms with Crippen molar-refractivity contribution in [3.05, 3.63) is 29.0 Å². The second-order valence-corrected chi connectivity index (χ2v) is 8.15. The Morgan fingerprint density at radius 1 is 1.25 bits per heavy atom. The van der Waals surface area contributed by atoms with Crippen LogP contribution in [0.1, 0.15) is 60.1 Å². The zero-order valence-corrected chi connectivity index (χ0v) is 16.7. The van der Waals surface area contributed by atoms with Gasteiger partial charge in [0, 0.05) is 23.1 Å². The molecule has 0 amide bonds. The molecule has 1 aromatic carbocycles. The molecule has 1 atom stereocenters. The summed E-state index contributed by atoms with van der Waals surface area (Å²) in [7, 11) is 2.19. The first-order valence-electron chi connectivity index (χ1n) is 10.5. The number of rotatable bonds is 7. The smallest absolute Gasteiger partial charge is 0.185 e. The van der Waals surface area contributed by atoms with Crippen molar-refractivity contribution in [2.24, 2.45) is 5.92 Å². The van der Waals surface area contributed by atoms with Gasteiger partial charge in [-0.1, -0.05) is 11.2 Å². The molecule has 150 valence electrons. The molecule has 0 spiro atoms. The van der Waals surface area contributed by atoms with Crippen LogP contribution in [-0.2, 0) is 22.5 Å². The van der Waals surface area contributed by atoms with Crippen LogP contribution in [0, 0.1) is 5.92 Å². The lowest BCUT2D eigenvalue weighted by Gasteiger charge is -2.29. The van der Waals surface area contributed by atoms with Gasteiger partial charge in [-0.15, -0.1) is 0 Å². The number of piperidine rings is 1. The highest BCUT2D eigenvalue weighted by atomic mass is 16.7. The number of hydrogen-bond donors (Lipinski definition) is 0. The Balaban J connectivity index is 1.46. The lowest BCUT2D eigenvalue weighted by atomic mass is 9.90. The first kappa shape index (κ1) is 19.6. The highest BCUT2D eigenvalue weighted by Gasteiger charge is 2.21. The molecule has 2 aliphatic rings. The Morgan fingerprint density at radius 2 is 2.11 bits per heavy atom. The van der Waals surface area contributed by atoms with Crippen LogP contribution >= 0.6 is 0 Å². The van der Waals surface area contributed by atoms with E-state index in [1.807, 2.05) is 12.1 Å². The quantitative estimate of drug-likeness (QED) is 0.540. The standard InChI is InChI=1S/C21H29BN2O4/c22-24-10-8-15(9-11-24)4-7-19-17-6-5-16(13-25)18(21(17)28-23-19)14-27-20-3-1-2-12-26-20/h5-6,13,15,20H,1-4,7-12,14,22H2. The van der Waals surface area contributed by atoms with Gasteiger partial charge in [-0.2, -0.15) is 0 Å². The van der Waals surface area contributed by atoms with Crippen LogP contribution < -0.4 is 0 Å². The van der Waals surface area contributed by atoms with Gasteiger partial charge in [0.15, 0.2) is 26.1 Å². The molecule has 1 unspecified atom stereocenters. The van der Waals surface area contributed by atoms with E-state index < -0.39 is 0 Å². The Kier molecular flexibility index (Phi) is 6.45. The average molecular weight is 384 g/mol. The summed E-state index contributed by atoms with van der Waals surface area (Å²) in [5.41, 5.74) is 3.04. The van der Waals surface area contributed by atoms with E-state index >= 15 is 0 Å². The summed E-state index contributed by atoms with van der Waals surface area (Å²) in [6.45, 7) is 3.40. The van der Waals surface area contributed by atoms with E-state index in [0.717, 1.165) is 67.6 Å². The van der Waals surface area contributed by atoms with Crippen molar-refractivity contribution in [3.8, 4) is 0 Å². The number of carbonyl (C=O) groups excluding carboxylic acids is 1. The normalized spacial score (nSPS) is 21.9. The topological polar surface area (TPSA) is 64.8 Å². The van der Waals surface area contributed by atoms with Crippen LogP contribution in [0.25, 0.3) is 11.0 Å². The first-order valence-corrected chi connectivity index (χ1v) is 10.5. The van der Waals surface area contributed by atoms with Gasteiger partial charge < -0.3 is 18.8 Å². The van der Waals surface area contributed by atoms with Gasteiger partial charge in [0.25, 0.3) is 0 Å². The average Bonchev–Trinajstić information content (AvgIpc) is 3.15. The van der Waals surface area contributed by atoms with Crippen molar-refractivity contribution >= 4 is 25.2 Å². The summed E-state index contributed by atoms with van der Waals surface area (Å²) >= 11 is 0. The van der Waals surface area contributed by atoms with Crippen LogP contribution in [0.3, 0.4) is 0 Å². The van der Waals surface area contributed by atoms with Gasteiger partial charge in [-0.3, -0.25) is 4.79 Å². The van der Waals surface area contributed by atoms with Crippen LogP contribution in [0.2, 0.25) is 0 Å². The monoisotopic (exact) mass is 384 g/mol. The molecule has 0 aliphatic carbocycles. The Bertz CT molecular complexity index is 795. The zero-order chi connectivity index (χ0) is 19.3. The molecule has 1 aromatic heterocycles. The van der Waals surface area contributed by atoms with Gasteiger partial charge in [-0.05, 0) is 70.0 Å². The van der Waals surface area contributed by atoms with E-state index in [9.17, 15) is 4.79 Å². The van der Waals surface area contributed by atoms with Crippen LogP contribution in [0.5, 0.6) is 0 Å². The first-order chi connectivity index (χ1) is 13.7. The third-order valence-electron chi connectivity index (χ3n) is 6.16. The maximum atomic E-state index is 11.5. The molecule has 0 N–H and O–H groups in total. The maximum absolute atomic E-state index is 11.5. The van der Waals surface area contributed by atoms with Crippen LogP contribution in [0.15, 0.2) is 16.7 Å². The molecule has 7 heteroatoms. The van der Waals surface area contributed by atoms with E-state index in [4.69, 9.17) is 14.0 Å². The largest absolute Gasteiger partial charge is 0.356 e. The summed E-state index contributed by atoms with van der Waals surface area (Å²) in [5, 5.41) is 5.34. The number of aromatic nitrogens is 1. The molecule has 2 aliphatic heterocycles. The fourth-order valence-corrected chi connectivity index (χ4v) is 4.27. The minimum atomic E-state index is -0.199. The number of fused-ring (bicyclic) bond motifs is 1. The summed E-state index contributed by atoms with van der Waals surface area (Å²) in [4.78, 5) is 13.9. The number of benzene rings is 1. The minimum absolute atomic E-state index is 0.199. The highest BCUT2D eigenvalue weighted by Crippen LogP contribution is 2.29. The molecule has 2 saturated heterocycles. The van der Waals surface area contributed by atoms with Crippen molar-refractivity contribution in [2.45, 2.75) is 57.8 Å². The molecule has 2 aromatic rings. The van der Waals surface area contributed by atoms with Crippen LogP contribution in [-0.4, -0.2) is 50.2 Å². The maximum Gasteiger partial charge on any atom is 0.185 e. The second kappa shape index (κ2) is 9.20. The van der Waals surface area contributed by atoms with Crippen molar-refractivity contribution in [2.75, 3.05) is 19.7 Å². The number of hydrogen-bond acceptors (Lipinski definition) is 6. The molecular weight excluding hydrogens is 355 g/mol. The number of nitrogens with zero attached hydrogens (tertiary/aromatic N) is 2. The molecule has 6 nitrogen and oxygen atoms in total. The van der Waals surface area contributed by atoms with E-state index in [-0.39, 0.29) is 6.29 Å². The molecule has 28 heavy (non-hydrogen) atoms. The Hall–Kier alpha value is -1.70. The lowest BCUT2D eigenvalue weighted by Crippen LogP contribution is -2.31. The van der Waals surface area contributed by atoms with Crippen molar-refractivity contribution in [1.82, 2.24) is 9.97 Å². The third-order valence-corrected chi connectivity index (χ3v) is 6.16. The fourth-order valence-electron chi connectivity index (χ4n) is 4.27. The SMILES string of the molecule is BN1CCC(CCc2noc3c(COC4CCCCO4)c(C=O)ccc23)CC1. The number of carbonyl (C=O) groups is 1. The molecular formula is C21H29BN2O4. The van der Waals surface area contributed by atoms with Gasteiger partial charge >= 0.3 is 0 Å². The van der Waals surface area contributed by atoms with E-state index in [1.165, 1.54) is 25.9 Å². The molecule has 3 heterocycles. The Morgan fingerprint density at radius 3 is 2.86 bits per heavy atom. The molecule has 4 rings (SSSR count). The number of ether oxygens (including phenoxy) is 2. The van der Waals surface area contributed by atoms with Crippen molar-refractivity contribution in [1.29, 1.82) is 0 Å². The fraction of sp³-hybridized carbons (Fsp3) is 0.619. The summed E-state index contributed by atoms with van der Waals surface area (Å²) in [6.07, 6.45) is 8.29. The zero-order valence-electron chi connectivity index (χ0n) is 16.7. The molecule has 0 saturated carbocycles. The van der Waals surface area contributed by atoms with Crippen LogP contribution in [0.4, 0.5) is 0 Å². The van der Waals surface area contributed by atoms with Gasteiger partial charge in [0.2, 0.25) is 0 Å². The minimum Gasteiger partial charge on any atom is -0.356 e. The predicted molar refractivity (Wildman–Crippen MR) is 109 cm³/mol. The predicted octanol–water partition coefficient (Wildman–Crippen LogP) is 2.88. The molecule has 0 bridgehead atoms. The van der Waals surface area contributed by atoms with Crippen molar-refractivity contribution in [3.63, 3.8) is 0 Å². The number of aryl methyl sites for hydroxylation is 1. The van der Waals surface area contributed by atoms with Gasteiger partial charge in [0.05, 0.1) is 12.3 Å².